The first kappa shape index (κ1) is 28.1. The number of aryl methyl sites for hydroxylation is 1. The van der Waals surface area contributed by atoms with Crippen molar-refractivity contribution in [1.82, 2.24) is 35.0 Å². The van der Waals surface area contributed by atoms with Crippen molar-refractivity contribution in [3.8, 4) is 11.5 Å². The molecule has 5 rings (SSSR count). The Labute approximate surface area is 232 Å². The van der Waals surface area contributed by atoms with E-state index in [-0.39, 0.29) is 47.1 Å². The number of nitrogens with zero attached hydrogens (tertiary/aromatic N) is 6. The molecule has 14 heteroatoms. The lowest BCUT2D eigenvalue weighted by Gasteiger charge is -2.25. The Kier molecular flexibility index (Phi) is 6.97. The first-order chi connectivity index (χ1) is 19.3. The highest BCUT2D eigenvalue weighted by Crippen LogP contribution is 2.39. The quantitative estimate of drug-likeness (QED) is 0.294. The fourth-order valence-electron chi connectivity index (χ4n) is 4.72. The lowest BCUT2D eigenvalue weighted by Crippen LogP contribution is -2.49. The average molecular weight is 568 g/mol. The second-order valence-electron chi connectivity index (χ2n) is 10.9. The molecule has 4 aromatic rings. The summed E-state index contributed by atoms with van der Waals surface area (Å²) in [5, 5.41) is 10.1. The van der Waals surface area contributed by atoms with E-state index < -0.39 is 41.4 Å². The molecule has 0 radical (unpaired) electrons. The maximum atomic E-state index is 14.4. The Morgan fingerprint density at radius 1 is 1.27 bits per heavy atom. The smallest absolute Gasteiger partial charge is 0.270 e. The molecule has 0 aromatic carbocycles. The largest absolute Gasteiger partial charge is 0.349 e. The van der Waals surface area contributed by atoms with E-state index in [1.54, 1.807) is 26.1 Å². The summed E-state index contributed by atoms with van der Waals surface area (Å²) < 4.78 is 41.8. The molecular formula is C27H28F3N9O2. The fraction of sp³-hybridized carbons (Fsp3) is 0.370. The van der Waals surface area contributed by atoms with Gasteiger partial charge in [-0.1, -0.05) is 6.07 Å². The Bertz CT molecular complexity index is 1680. The van der Waals surface area contributed by atoms with Gasteiger partial charge in [-0.05, 0) is 45.4 Å². The average Bonchev–Trinajstić information content (AvgIpc) is 3.35. The number of carbonyl (C=O) groups is 2. The third-order valence-electron chi connectivity index (χ3n) is 7.00. The van der Waals surface area contributed by atoms with Gasteiger partial charge in [-0.15, -0.1) is 0 Å². The first-order valence-electron chi connectivity index (χ1n) is 12.8. The van der Waals surface area contributed by atoms with Gasteiger partial charge >= 0.3 is 0 Å². The molecule has 4 aromatic heterocycles. The summed E-state index contributed by atoms with van der Waals surface area (Å²) in [5.41, 5.74) is 5.53. The number of alkyl halides is 2. The van der Waals surface area contributed by atoms with Crippen molar-refractivity contribution in [1.29, 1.82) is 0 Å². The van der Waals surface area contributed by atoms with Crippen molar-refractivity contribution < 1.29 is 22.8 Å². The fourth-order valence-corrected chi connectivity index (χ4v) is 4.72. The summed E-state index contributed by atoms with van der Waals surface area (Å²) in [6.07, 6.45) is -0.591. The number of carbonyl (C=O) groups excluding carboxylic acids is 2. The van der Waals surface area contributed by atoms with E-state index in [0.29, 0.717) is 11.3 Å². The van der Waals surface area contributed by atoms with E-state index in [0.717, 1.165) is 11.8 Å². The van der Waals surface area contributed by atoms with E-state index in [1.165, 1.54) is 17.7 Å². The summed E-state index contributed by atoms with van der Waals surface area (Å²) in [6, 6.07) is 4.94. The van der Waals surface area contributed by atoms with Crippen molar-refractivity contribution in [2.24, 2.45) is 5.73 Å². The maximum absolute atomic E-state index is 14.4. The second-order valence-corrected chi connectivity index (χ2v) is 10.9. The summed E-state index contributed by atoms with van der Waals surface area (Å²) >= 11 is 0. The molecule has 1 aliphatic heterocycles. The molecule has 2 amide bonds. The molecule has 5 heterocycles. The van der Waals surface area contributed by atoms with E-state index in [4.69, 9.17) is 5.73 Å². The predicted octanol–water partition coefficient (Wildman–Crippen LogP) is 3.11. The molecule has 11 nitrogen and oxygen atoms in total. The van der Waals surface area contributed by atoms with Crippen LogP contribution in [0.5, 0.6) is 0 Å². The molecule has 0 spiro atoms. The zero-order valence-electron chi connectivity index (χ0n) is 22.8. The third-order valence-corrected chi connectivity index (χ3v) is 7.00. The van der Waals surface area contributed by atoms with E-state index >= 15 is 0 Å². The summed E-state index contributed by atoms with van der Waals surface area (Å²) in [6.45, 7) is 6.45. The van der Waals surface area contributed by atoms with Gasteiger partial charge in [0, 0.05) is 30.3 Å². The van der Waals surface area contributed by atoms with Gasteiger partial charge in [-0.25, -0.2) is 32.8 Å². The van der Waals surface area contributed by atoms with Crippen LogP contribution in [-0.2, 0) is 16.8 Å². The highest BCUT2D eigenvalue weighted by atomic mass is 19.3. The van der Waals surface area contributed by atoms with Crippen LogP contribution in [0.3, 0.4) is 0 Å². The van der Waals surface area contributed by atoms with Crippen LogP contribution in [0.4, 0.5) is 19.0 Å². The molecule has 0 saturated heterocycles. The highest BCUT2D eigenvalue weighted by molar-refractivity contribution is 6.09. The van der Waals surface area contributed by atoms with Gasteiger partial charge in [0.05, 0.1) is 29.2 Å². The Hall–Kier alpha value is -4.46. The van der Waals surface area contributed by atoms with Crippen LogP contribution >= 0.6 is 0 Å². The SMILES string of the molecule is Cc1cccnc1Cn1nc(-c2nc3c(c(C(=O)NCC(C)(N)CC(F)F)n2)C(C)(C)C(=O)N3)c2cc(F)cnc21. The molecule has 1 aliphatic rings. The number of aromatic nitrogens is 6. The van der Waals surface area contributed by atoms with Gasteiger partial charge in [0.15, 0.2) is 11.5 Å². The maximum Gasteiger partial charge on any atom is 0.270 e. The Morgan fingerprint density at radius 2 is 2.02 bits per heavy atom. The van der Waals surface area contributed by atoms with Crippen LogP contribution in [-0.4, -0.2) is 60.0 Å². The van der Waals surface area contributed by atoms with Crippen LogP contribution in [0.2, 0.25) is 0 Å². The van der Waals surface area contributed by atoms with Gasteiger partial charge in [0.1, 0.15) is 23.0 Å². The number of hydrogen-bond donors (Lipinski definition) is 3. The number of pyridine rings is 2. The predicted molar refractivity (Wildman–Crippen MR) is 144 cm³/mol. The minimum atomic E-state index is -2.66. The van der Waals surface area contributed by atoms with Crippen molar-refractivity contribution in [3.05, 3.63) is 58.9 Å². The first-order valence-corrected chi connectivity index (χ1v) is 12.8. The van der Waals surface area contributed by atoms with Crippen molar-refractivity contribution in [3.63, 3.8) is 0 Å². The van der Waals surface area contributed by atoms with Crippen LogP contribution in [0.1, 0.15) is 54.5 Å². The molecule has 1 atom stereocenters. The lowest BCUT2D eigenvalue weighted by atomic mass is 9.85. The van der Waals surface area contributed by atoms with Crippen molar-refractivity contribution in [2.75, 3.05) is 11.9 Å². The standard InChI is InChI=1S/C27H28F3N9O2/c1-13-6-5-7-32-16(13)11-39-23-15(8-14(28)10-33-23)19(38-39)22-35-20(18-21(36-22)37-25(41)26(18,2)3)24(40)34-12-27(4,31)9-17(29)30/h5-8,10,17H,9,11-12,31H2,1-4H3,(H,34,40)(H,35,36,37,41). The minimum absolute atomic E-state index is 0.0658. The van der Waals surface area contributed by atoms with Crippen molar-refractivity contribution in [2.45, 2.75) is 58.0 Å². The summed E-state index contributed by atoms with van der Waals surface area (Å²) in [4.78, 5) is 43.8. The number of hydrogen-bond acceptors (Lipinski definition) is 8. The molecular weight excluding hydrogens is 539 g/mol. The lowest BCUT2D eigenvalue weighted by molar-refractivity contribution is -0.119. The highest BCUT2D eigenvalue weighted by Gasteiger charge is 2.44. The van der Waals surface area contributed by atoms with Crippen LogP contribution in [0, 0.1) is 12.7 Å². The van der Waals surface area contributed by atoms with Crippen LogP contribution < -0.4 is 16.4 Å². The van der Waals surface area contributed by atoms with Gasteiger partial charge in [-0.2, -0.15) is 5.10 Å². The Morgan fingerprint density at radius 3 is 2.73 bits per heavy atom. The number of amides is 2. The molecule has 0 bridgehead atoms. The number of halogens is 3. The summed E-state index contributed by atoms with van der Waals surface area (Å²) in [5.74, 6) is -1.75. The molecule has 4 N–H and O–H groups in total. The molecule has 214 valence electrons. The molecule has 1 unspecified atom stereocenters. The number of anilines is 1. The van der Waals surface area contributed by atoms with E-state index in [9.17, 15) is 22.8 Å². The molecule has 41 heavy (non-hydrogen) atoms. The number of nitrogens with one attached hydrogen (secondary N) is 2. The number of rotatable bonds is 8. The van der Waals surface area contributed by atoms with Crippen LogP contribution in [0.25, 0.3) is 22.6 Å². The third kappa shape index (κ3) is 5.34. The zero-order chi connectivity index (χ0) is 29.7. The van der Waals surface area contributed by atoms with Crippen LogP contribution in [0.15, 0.2) is 30.6 Å². The van der Waals surface area contributed by atoms with Gasteiger partial charge in [-0.3, -0.25) is 14.6 Å². The molecule has 0 saturated carbocycles. The molecule has 0 fully saturated rings. The summed E-state index contributed by atoms with van der Waals surface area (Å²) in [7, 11) is 0. The topological polar surface area (TPSA) is 154 Å². The van der Waals surface area contributed by atoms with Gasteiger partial charge in [0.2, 0.25) is 12.3 Å². The zero-order valence-corrected chi connectivity index (χ0v) is 22.8. The van der Waals surface area contributed by atoms with E-state index in [1.807, 2.05) is 13.0 Å². The number of nitrogens with two attached hydrogens (primary N) is 1. The van der Waals surface area contributed by atoms with Crippen molar-refractivity contribution >= 4 is 28.7 Å². The normalized spacial score (nSPS) is 15.6. The number of fused-ring (bicyclic) bond motifs is 2. The monoisotopic (exact) mass is 567 g/mol. The van der Waals surface area contributed by atoms with E-state index in [2.05, 4.69) is 35.7 Å². The Balaban J connectivity index is 1.62. The van der Waals surface area contributed by atoms with Gasteiger partial charge < -0.3 is 16.4 Å². The molecule has 0 aliphatic carbocycles. The second kappa shape index (κ2) is 10.2. The van der Waals surface area contributed by atoms with Gasteiger partial charge in [0.25, 0.3) is 5.91 Å². The minimum Gasteiger partial charge on any atom is -0.349 e.